The maximum Gasteiger partial charge on any atom is 0.222 e. The van der Waals surface area contributed by atoms with Crippen LogP contribution in [0.1, 0.15) is 18.2 Å². The second kappa shape index (κ2) is 2.97. The largest absolute Gasteiger partial charge is 0.311 e. The van der Waals surface area contributed by atoms with Gasteiger partial charge >= 0.3 is 0 Å². The lowest BCUT2D eigenvalue weighted by atomic mass is 10.3. The van der Waals surface area contributed by atoms with Crippen molar-refractivity contribution in [2.24, 2.45) is 7.05 Å². The fourth-order valence-corrected chi connectivity index (χ4v) is 1.11. The molecule has 1 heterocycles. The number of anilines is 1. The molecule has 0 fully saturated rings. The Kier molecular flexibility index (Phi) is 2.17. The van der Waals surface area contributed by atoms with E-state index in [0.29, 0.717) is 0 Å². The summed E-state index contributed by atoms with van der Waals surface area (Å²) in [5.41, 5.74) is 1.97. The van der Waals surface area contributed by atoms with E-state index in [9.17, 15) is 4.79 Å². The van der Waals surface area contributed by atoms with Gasteiger partial charge in [-0.25, -0.2) is 0 Å². The quantitative estimate of drug-likeness (QED) is 0.678. The van der Waals surface area contributed by atoms with Crippen molar-refractivity contribution in [2.45, 2.75) is 20.8 Å². The molecule has 1 aromatic heterocycles. The molecule has 0 spiro atoms. The van der Waals surface area contributed by atoms with E-state index in [0.717, 1.165) is 17.1 Å². The highest BCUT2D eigenvalue weighted by Gasteiger charge is 2.08. The highest BCUT2D eigenvalue weighted by molar-refractivity contribution is 5.88. The summed E-state index contributed by atoms with van der Waals surface area (Å²) < 4.78 is 1.67. The van der Waals surface area contributed by atoms with Crippen LogP contribution in [0.15, 0.2) is 0 Å². The predicted molar refractivity (Wildman–Crippen MR) is 47.0 cm³/mol. The minimum Gasteiger partial charge on any atom is -0.311 e. The van der Waals surface area contributed by atoms with Crippen molar-refractivity contribution in [1.29, 1.82) is 0 Å². The first-order valence-electron chi connectivity index (χ1n) is 3.80. The molecule has 0 aliphatic heterocycles. The fourth-order valence-electron chi connectivity index (χ4n) is 1.11. The molecule has 1 N–H and O–H groups in total. The van der Waals surface area contributed by atoms with Gasteiger partial charge in [0.1, 0.15) is 5.82 Å². The van der Waals surface area contributed by atoms with E-state index in [2.05, 4.69) is 10.4 Å². The average Bonchev–Trinajstić information content (AvgIpc) is 2.16. The molecule has 4 heteroatoms. The summed E-state index contributed by atoms with van der Waals surface area (Å²) in [4.78, 5) is 10.8. The molecule has 0 saturated carbocycles. The van der Waals surface area contributed by atoms with Crippen LogP contribution in [0.25, 0.3) is 0 Å². The molecule has 0 aromatic carbocycles. The van der Waals surface area contributed by atoms with Crippen LogP contribution in [-0.4, -0.2) is 15.7 Å². The summed E-state index contributed by atoms with van der Waals surface area (Å²) in [5, 5.41) is 6.89. The van der Waals surface area contributed by atoms with Gasteiger partial charge in [-0.15, -0.1) is 0 Å². The minimum absolute atomic E-state index is 0.0684. The van der Waals surface area contributed by atoms with Crippen LogP contribution in [0.5, 0.6) is 0 Å². The van der Waals surface area contributed by atoms with E-state index in [1.165, 1.54) is 6.92 Å². The molecule has 0 atom stereocenters. The van der Waals surface area contributed by atoms with E-state index < -0.39 is 0 Å². The summed E-state index contributed by atoms with van der Waals surface area (Å²) in [7, 11) is 1.81. The Bertz CT molecular complexity index is 314. The van der Waals surface area contributed by atoms with Crippen LogP contribution in [0.2, 0.25) is 0 Å². The van der Waals surface area contributed by atoms with Gasteiger partial charge in [0.25, 0.3) is 0 Å². The first-order chi connectivity index (χ1) is 5.52. The number of hydrogen-bond acceptors (Lipinski definition) is 2. The molecule has 66 valence electrons. The first-order valence-corrected chi connectivity index (χ1v) is 3.80. The molecule has 0 aliphatic carbocycles. The van der Waals surface area contributed by atoms with Gasteiger partial charge in [-0.2, -0.15) is 5.10 Å². The molecule has 0 saturated heterocycles. The molecule has 1 rings (SSSR count). The van der Waals surface area contributed by atoms with Crippen LogP contribution in [0, 0.1) is 13.8 Å². The Morgan fingerprint density at radius 3 is 2.42 bits per heavy atom. The van der Waals surface area contributed by atoms with Crippen molar-refractivity contribution < 1.29 is 4.79 Å². The summed E-state index contributed by atoms with van der Waals surface area (Å²) in [6.45, 7) is 5.34. The number of carbonyl (C=O) groups excluding carboxylic acids is 1. The molecule has 0 unspecified atom stereocenters. The summed E-state index contributed by atoms with van der Waals surface area (Å²) >= 11 is 0. The first kappa shape index (κ1) is 8.77. The Morgan fingerprint density at radius 1 is 1.50 bits per heavy atom. The zero-order valence-electron chi connectivity index (χ0n) is 7.80. The number of nitrogens with zero attached hydrogens (tertiary/aromatic N) is 2. The molecule has 0 radical (unpaired) electrons. The minimum atomic E-state index is -0.0684. The number of aryl methyl sites for hydroxylation is 2. The van der Waals surface area contributed by atoms with E-state index >= 15 is 0 Å². The van der Waals surface area contributed by atoms with Gasteiger partial charge in [0, 0.05) is 19.5 Å². The molecular weight excluding hydrogens is 154 g/mol. The smallest absolute Gasteiger partial charge is 0.222 e. The molecule has 0 aliphatic rings. The zero-order valence-corrected chi connectivity index (χ0v) is 7.80. The molecular formula is C8H13N3O. The van der Waals surface area contributed by atoms with E-state index in [1.54, 1.807) is 4.68 Å². The Balaban J connectivity index is 3.05. The molecule has 12 heavy (non-hydrogen) atoms. The number of nitrogens with one attached hydrogen (secondary N) is 1. The van der Waals surface area contributed by atoms with Gasteiger partial charge in [0.2, 0.25) is 5.91 Å². The Labute approximate surface area is 71.6 Å². The number of hydrogen-bond donors (Lipinski definition) is 1. The van der Waals surface area contributed by atoms with Crippen LogP contribution in [0.4, 0.5) is 5.82 Å². The second-order valence-electron chi connectivity index (χ2n) is 2.86. The number of amides is 1. The summed E-state index contributed by atoms with van der Waals surface area (Å²) in [6, 6.07) is 0. The molecule has 1 aromatic rings. The van der Waals surface area contributed by atoms with Crippen molar-refractivity contribution in [1.82, 2.24) is 9.78 Å². The van der Waals surface area contributed by atoms with Crippen LogP contribution >= 0.6 is 0 Å². The van der Waals surface area contributed by atoms with Gasteiger partial charge < -0.3 is 5.32 Å². The van der Waals surface area contributed by atoms with Gasteiger partial charge in [0.05, 0.1) is 5.69 Å². The Morgan fingerprint density at radius 2 is 2.08 bits per heavy atom. The van der Waals surface area contributed by atoms with Gasteiger partial charge in [-0.05, 0) is 13.8 Å². The SMILES string of the molecule is CC(=O)Nc1c(C)c(C)nn1C. The zero-order chi connectivity index (χ0) is 9.30. The number of carbonyl (C=O) groups is 1. The van der Waals surface area contributed by atoms with Crippen LogP contribution < -0.4 is 5.32 Å². The van der Waals surface area contributed by atoms with Crippen molar-refractivity contribution >= 4 is 11.7 Å². The molecule has 4 nitrogen and oxygen atoms in total. The van der Waals surface area contributed by atoms with E-state index in [1.807, 2.05) is 20.9 Å². The summed E-state index contributed by atoms with van der Waals surface area (Å²) in [6.07, 6.45) is 0. The van der Waals surface area contributed by atoms with Crippen molar-refractivity contribution in [2.75, 3.05) is 5.32 Å². The van der Waals surface area contributed by atoms with Gasteiger partial charge in [-0.3, -0.25) is 9.48 Å². The topological polar surface area (TPSA) is 46.9 Å². The lowest BCUT2D eigenvalue weighted by Crippen LogP contribution is -2.10. The third kappa shape index (κ3) is 1.47. The third-order valence-corrected chi connectivity index (χ3v) is 1.82. The second-order valence-corrected chi connectivity index (χ2v) is 2.86. The highest BCUT2D eigenvalue weighted by atomic mass is 16.1. The number of aromatic nitrogens is 2. The normalized spacial score (nSPS) is 10.0. The average molecular weight is 167 g/mol. The van der Waals surface area contributed by atoms with Crippen molar-refractivity contribution in [3.63, 3.8) is 0 Å². The Hall–Kier alpha value is -1.32. The number of rotatable bonds is 1. The molecule has 0 bridgehead atoms. The highest BCUT2D eigenvalue weighted by Crippen LogP contribution is 2.16. The van der Waals surface area contributed by atoms with Crippen LogP contribution in [-0.2, 0) is 11.8 Å². The van der Waals surface area contributed by atoms with Gasteiger partial charge in [-0.1, -0.05) is 0 Å². The maximum absolute atomic E-state index is 10.8. The predicted octanol–water partition coefficient (Wildman–Crippen LogP) is 0.995. The monoisotopic (exact) mass is 167 g/mol. The third-order valence-electron chi connectivity index (χ3n) is 1.82. The molecule has 1 amide bonds. The van der Waals surface area contributed by atoms with Gasteiger partial charge in [0.15, 0.2) is 0 Å². The summed E-state index contributed by atoms with van der Waals surface area (Å²) in [5.74, 6) is 0.709. The van der Waals surface area contributed by atoms with Crippen molar-refractivity contribution in [3.8, 4) is 0 Å². The van der Waals surface area contributed by atoms with E-state index in [4.69, 9.17) is 0 Å². The fraction of sp³-hybridized carbons (Fsp3) is 0.500. The lowest BCUT2D eigenvalue weighted by Gasteiger charge is -2.02. The van der Waals surface area contributed by atoms with Crippen LogP contribution in [0.3, 0.4) is 0 Å². The van der Waals surface area contributed by atoms with Crippen molar-refractivity contribution in [3.05, 3.63) is 11.3 Å². The van der Waals surface area contributed by atoms with E-state index in [-0.39, 0.29) is 5.91 Å². The lowest BCUT2D eigenvalue weighted by molar-refractivity contribution is -0.114. The standard InChI is InChI=1S/C8H13N3O/c1-5-6(2)10-11(4)8(5)9-7(3)12/h1-4H3,(H,9,12). The maximum atomic E-state index is 10.8.